The van der Waals surface area contributed by atoms with Crippen molar-refractivity contribution >= 4 is 0 Å². The molecule has 0 aromatic carbocycles. The molecule has 1 unspecified atom stereocenters. The minimum Gasteiger partial charge on any atom is -0.241 e. The van der Waals surface area contributed by atoms with E-state index in [1.807, 2.05) is 0 Å². The summed E-state index contributed by atoms with van der Waals surface area (Å²) in [6, 6.07) is 0. The van der Waals surface area contributed by atoms with Gasteiger partial charge in [-0.05, 0) is 6.92 Å². The highest BCUT2D eigenvalue weighted by molar-refractivity contribution is 5.14. The summed E-state index contributed by atoms with van der Waals surface area (Å²) in [5.74, 6) is -52.0. The Labute approximate surface area is 129 Å². The van der Waals surface area contributed by atoms with Gasteiger partial charge in [-0.25, -0.2) is 4.39 Å². The van der Waals surface area contributed by atoms with Crippen molar-refractivity contribution in [3.63, 3.8) is 0 Å². The second kappa shape index (κ2) is 5.72. The van der Waals surface area contributed by atoms with Gasteiger partial charge in [0.05, 0.1) is 0 Å². The quantitative estimate of drug-likeness (QED) is 0.463. The van der Waals surface area contributed by atoms with Crippen LogP contribution in [0.15, 0.2) is 0 Å². The summed E-state index contributed by atoms with van der Waals surface area (Å²) in [5, 5.41) is 0. The Bertz CT molecular complexity index is 483. The number of halogens is 15. The third kappa shape index (κ3) is 2.90. The van der Waals surface area contributed by atoms with E-state index in [-0.39, 0.29) is 0 Å². The normalized spacial score (nSPS) is 17.6. The lowest BCUT2D eigenvalue weighted by Gasteiger charge is -2.42. The van der Waals surface area contributed by atoms with Crippen molar-refractivity contribution in [3.05, 3.63) is 0 Å². The molecule has 0 amide bonds. The van der Waals surface area contributed by atoms with Crippen LogP contribution in [0.25, 0.3) is 0 Å². The molecule has 0 heterocycles. The van der Waals surface area contributed by atoms with E-state index in [9.17, 15) is 65.9 Å². The third-order valence-corrected chi connectivity index (χ3v) is 3.05. The van der Waals surface area contributed by atoms with Crippen LogP contribution < -0.4 is 0 Å². The molecule has 0 rings (SSSR count). The van der Waals surface area contributed by atoms with Crippen LogP contribution in [0.1, 0.15) is 13.8 Å². The van der Waals surface area contributed by atoms with Gasteiger partial charge in [0, 0.05) is 6.92 Å². The molecule has 0 aromatic heterocycles. The average Bonchev–Trinajstić information content (AvgIpc) is 2.35. The fraction of sp³-hybridized carbons (Fsp3) is 1.00. The van der Waals surface area contributed by atoms with Gasteiger partial charge in [0.25, 0.3) is 0 Å². The molecule has 0 aromatic rings. The lowest BCUT2D eigenvalue weighted by molar-refractivity contribution is -0.442. The van der Waals surface area contributed by atoms with E-state index in [1.54, 1.807) is 0 Å². The van der Waals surface area contributed by atoms with E-state index in [0.29, 0.717) is 0 Å². The summed E-state index contributed by atoms with van der Waals surface area (Å²) < 4.78 is 192. The highest BCUT2D eigenvalue weighted by Gasteiger charge is 2.92. The van der Waals surface area contributed by atoms with Crippen molar-refractivity contribution in [2.45, 2.75) is 61.5 Å². The van der Waals surface area contributed by atoms with E-state index in [4.69, 9.17) is 0 Å². The maximum absolute atomic E-state index is 13.0. The zero-order valence-electron chi connectivity index (χ0n) is 11.7. The van der Waals surface area contributed by atoms with Crippen molar-refractivity contribution in [3.8, 4) is 0 Å². The van der Waals surface area contributed by atoms with Crippen LogP contribution in [0.5, 0.6) is 0 Å². The van der Waals surface area contributed by atoms with Crippen LogP contribution in [-0.2, 0) is 0 Å². The maximum atomic E-state index is 13.0. The van der Waals surface area contributed by atoms with Crippen LogP contribution >= 0.6 is 0 Å². The lowest BCUT2D eigenvalue weighted by atomic mass is 9.88. The first-order valence-corrected chi connectivity index (χ1v) is 5.73. The molecule has 0 fully saturated rings. The molecule has 0 nitrogen and oxygen atoms in total. The molecular weight excluding hydrogens is 405 g/mol. The first-order valence-electron chi connectivity index (χ1n) is 5.73. The van der Waals surface area contributed by atoms with E-state index in [0.717, 1.165) is 0 Å². The minimum atomic E-state index is -8.13. The molecule has 152 valence electrons. The van der Waals surface area contributed by atoms with E-state index >= 15 is 0 Å². The predicted molar refractivity (Wildman–Crippen MR) is 50.9 cm³/mol. The largest absolute Gasteiger partial charge is 0.384 e. The summed E-state index contributed by atoms with van der Waals surface area (Å²) in [6.45, 7) is -1.68. The molecular formula is C10H7F15. The standard InChI is InChI=1S/C10H7F15/c1-3(11)5(14,15)7(18,19)9(22,23)10(24,25)8(20,21)6(16,17)4(2,12)13/h3H,1-2H3. The second-order valence-corrected chi connectivity index (χ2v) is 5.00. The predicted octanol–water partition coefficient (Wildman–Crippen LogP) is 5.81. The fourth-order valence-electron chi connectivity index (χ4n) is 1.33. The topological polar surface area (TPSA) is 0 Å². The molecule has 0 N–H and O–H groups in total. The Kier molecular flexibility index (Phi) is 5.48. The number of hydrogen-bond acceptors (Lipinski definition) is 0. The first-order chi connectivity index (χ1) is 10.4. The Hall–Kier alpha value is -1.05. The van der Waals surface area contributed by atoms with Crippen LogP contribution in [-0.4, -0.2) is 47.6 Å². The van der Waals surface area contributed by atoms with Gasteiger partial charge in [-0.15, -0.1) is 0 Å². The van der Waals surface area contributed by atoms with Crippen molar-refractivity contribution < 1.29 is 65.9 Å². The van der Waals surface area contributed by atoms with E-state index in [2.05, 4.69) is 0 Å². The van der Waals surface area contributed by atoms with Crippen LogP contribution in [0, 0.1) is 0 Å². The smallest absolute Gasteiger partial charge is 0.241 e. The molecule has 0 radical (unpaired) electrons. The van der Waals surface area contributed by atoms with E-state index in [1.165, 1.54) is 0 Å². The van der Waals surface area contributed by atoms with Crippen LogP contribution in [0.2, 0.25) is 0 Å². The van der Waals surface area contributed by atoms with Gasteiger partial charge in [0.15, 0.2) is 6.17 Å². The Morgan fingerprint density at radius 1 is 0.480 bits per heavy atom. The fourth-order valence-corrected chi connectivity index (χ4v) is 1.33. The zero-order chi connectivity index (χ0) is 21.1. The number of rotatable bonds is 7. The van der Waals surface area contributed by atoms with Crippen LogP contribution in [0.3, 0.4) is 0 Å². The lowest BCUT2D eigenvalue weighted by Crippen LogP contribution is -2.73. The van der Waals surface area contributed by atoms with Crippen molar-refractivity contribution in [2.75, 3.05) is 0 Å². The second-order valence-electron chi connectivity index (χ2n) is 5.00. The average molecular weight is 412 g/mol. The molecule has 0 saturated carbocycles. The summed E-state index contributed by atoms with van der Waals surface area (Å²) in [6.07, 6.45) is -4.33. The zero-order valence-corrected chi connectivity index (χ0v) is 11.7. The molecule has 1 atom stereocenters. The van der Waals surface area contributed by atoms with Gasteiger partial charge in [0.2, 0.25) is 0 Å². The molecule has 0 saturated heterocycles. The molecule has 0 aliphatic rings. The van der Waals surface area contributed by atoms with Gasteiger partial charge in [-0.2, -0.15) is 61.5 Å². The van der Waals surface area contributed by atoms with Gasteiger partial charge in [0.1, 0.15) is 0 Å². The van der Waals surface area contributed by atoms with Gasteiger partial charge in [-0.3, -0.25) is 0 Å². The Morgan fingerprint density at radius 3 is 0.960 bits per heavy atom. The highest BCUT2D eigenvalue weighted by Crippen LogP contribution is 2.62. The molecule has 25 heavy (non-hydrogen) atoms. The molecule has 0 bridgehead atoms. The maximum Gasteiger partial charge on any atom is 0.384 e. The Balaban J connectivity index is 6.50. The van der Waals surface area contributed by atoms with Crippen LogP contribution in [0.4, 0.5) is 65.9 Å². The van der Waals surface area contributed by atoms with Gasteiger partial charge in [-0.1, -0.05) is 0 Å². The van der Waals surface area contributed by atoms with Gasteiger partial charge >= 0.3 is 41.5 Å². The number of hydrogen-bond donors (Lipinski definition) is 0. The molecule has 0 aliphatic heterocycles. The minimum absolute atomic E-state index is 0.547. The SMILES string of the molecule is CC(F)C(F)(F)C(F)(F)C(F)(F)C(F)(F)C(F)(F)C(F)(F)C(C)(F)F. The Morgan fingerprint density at radius 2 is 0.720 bits per heavy atom. The third-order valence-electron chi connectivity index (χ3n) is 3.05. The van der Waals surface area contributed by atoms with Gasteiger partial charge < -0.3 is 0 Å². The molecule has 0 spiro atoms. The first kappa shape index (κ1) is 23.9. The van der Waals surface area contributed by atoms with Crippen molar-refractivity contribution in [1.29, 1.82) is 0 Å². The van der Waals surface area contributed by atoms with E-state index < -0.39 is 61.5 Å². The number of alkyl halides is 15. The summed E-state index contributed by atoms with van der Waals surface area (Å²) in [4.78, 5) is 0. The van der Waals surface area contributed by atoms with Crippen molar-refractivity contribution in [1.82, 2.24) is 0 Å². The van der Waals surface area contributed by atoms with Crippen molar-refractivity contribution in [2.24, 2.45) is 0 Å². The monoisotopic (exact) mass is 412 g/mol. The highest BCUT2D eigenvalue weighted by atomic mass is 19.4. The molecule has 15 heteroatoms. The summed E-state index contributed by atoms with van der Waals surface area (Å²) in [7, 11) is 0. The molecule has 0 aliphatic carbocycles. The summed E-state index contributed by atoms with van der Waals surface area (Å²) >= 11 is 0. The summed E-state index contributed by atoms with van der Waals surface area (Å²) in [5.41, 5.74) is 0.